The standard InChI is InChI=1S/C26H17ClN2O6S/c27-14-5-9-16(10-6-14)35-17-11-7-15(8-12-17)29-20-13-21(36(32,33)34)24(28)23-22(20)25(30)18-3-1-2-4-19(18)26(23)31/h1-13,29H,28H2,(H,32,33,34)/p-1. The van der Waals surface area contributed by atoms with Crippen LogP contribution in [0.25, 0.3) is 0 Å². The number of nitrogen functional groups attached to an aromatic ring is 1. The van der Waals surface area contributed by atoms with Crippen LogP contribution in [0.2, 0.25) is 5.02 Å². The number of hydrogen-bond donors (Lipinski definition) is 2. The molecule has 8 nitrogen and oxygen atoms in total. The molecule has 0 unspecified atom stereocenters. The summed E-state index contributed by atoms with van der Waals surface area (Å²) in [6.07, 6.45) is 0. The number of nitrogens with two attached hydrogens (primary N) is 1. The second kappa shape index (κ2) is 8.80. The van der Waals surface area contributed by atoms with E-state index in [9.17, 15) is 22.6 Å². The van der Waals surface area contributed by atoms with E-state index >= 15 is 0 Å². The maximum Gasteiger partial charge on any atom is 0.196 e. The monoisotopic (exact) mass is 519 g/mol. The predicted octanol–water partition coefficient (Wildman–Crippen LogP) is 5.14. The molecule has 36 heavy (non-hydrogen) atoms. The molecule has 0 heterocycles. The van der Waals surface area contributed by atoms with Crippen molar-refractivity contribution in [2.24, 2.45) is 0 Å². The van der Waals surface area contributed by atoms with Crippen molar-refractivity contribution in [2.45, 2.75) is 4.90 Å². The summed E-state index contributed by atoms with van der Waals surface area (Å²) < 4.78 is 41.6. The number of rotatable bonds is 5. The molecule has 3 N–H and O–H groups in total. The third-order valence-corrected chi connectivity index (χ3v) is 6.78. The van der Waals surface area contributed by atoms with E-state index in [1.807, 2.05) is 0 Å². The number of ketones is 2. The summed E-state index contributed by atoms with van der Waals surface area (Å²) in [5.74, 6) is -0.0871. The second-order valence-corrected chi connectivity index (χ2v) is 9.73. The minimum Gasteiger partial charge on any atom is -0.744 e. The lowest BCUT2D eigenvalue weighted by Gasteiger charge is -2.25. The molecule has 0 aliphatic heterocycles. The fourth-order valence-corrected chi connectivity index (χ4v) is 4.76. The highest BCUT2D eigenvalue weighted by Crippen LogP contribution is 2.40. The van der Waals surface area contributed by atoms with Gasteiger partial charge in [0.15, 0.2) is 11.6 Å². The lowest BCUT2D eigenvalue weighted by atomic mass is 9.82. The van der Waals surface area contributed by atoms with Crippen molar-refractivity contribution in [1.29, 1.82) is 0 Å². The molecule has 0 aromatic heterocycles. The summed E-state index contributed by atoms with van der Waals surface area (Å²) in [7, 11) is -5.05. The van der Waals surface area contributed by atoms with E-state index in [4.69, 9.17) is 22.1 Å². The van der Waals surface area contributed by atoms with Crippen molar-refractivity contribution in [2.75, 3.05) is 11.1 Å². The highest BCUT2D eigenvalue weighted by atomic mass is 35.5. The van der Waals surface area contributed by atoms with Crippen LogP contribution in [0.1, 0.15) is 31.8 Å². The van der Waals surface area contributed by atoms with Gasteiger partial charge in [-0.3, -0.25) is 9.59 Å². The molecule has 0 bridgehead atoms. The Labute approximate surface area is 211 Å². The minimum absolute atomic E-state index is 0.0344. The smallest absolute Gasteiger partial charge is 0.196 e. The molecule has 5 rings (SSSR count). The van der Waals surface area contributed by atoms with E-state index in [0.29, 0.717) is 22.2 Å². The van der Waals surface area contributed by atoms with Crippen molar-refractivity contribution >= 4 is 50.3 Å². The molecular weight excluding hydrogens is 504 g/mol. The van der Waals surface area contributed by atoms with Crippen molar-refractivity contribution in [3.63, 3.8) is 0 Å². The first-order valence-corrected chi connectivity index (χ1v) is 12.3. The van der Waals surface area contributed by atoms with Crippen LogP contribution in [0.15, 0.2) is 83.8 Å². The third kappa shape index (κ3) is 4.20. The first-order valence-electron chi connectivity index (χ1n) is 10.5. The Morgan fingerprint density at radius 3 is 1.89 bits per heavy atom. The van der Waals surface area contributed by atoms with Gasteiger partial charge in [-0.05, 0) is 54.6 Å². The third-order valence-electron chi connectivity index (χ3n) is 5.65. The lowest BCUT2D eigenvalue weighted by Crippen LogP contribution is -2.25. The van der Waals surface area contributed by atoms with E-state index in [1.165, 1.54) is 12.1 Å². The minimum atomic E-state index is -5.05. The number of hydrogen-bond acceptors (Lipinski definition) is 8. The fourth-order valence-electron chi connectivity index (χ4n) is 4.00. The van der Waals surface area contributed by atoms with E-state index in [-0.39, 0.29) is 27.9 Å². The average molecular weight is 520 g/mol. The number of carbonyl (C=O) groups excluding carboxylic acids is 2. The zero-order chi connectivity index (χ0) is 25.6. The second-order valence-electron chi connectivity index (χ2n) is 7.95. The van der Waals surface area contributed by atoms with Crippen LogP contribution in [0.3, 0.4) is 0 Å². The normalized spacial score (nSPS) is 12.6. The van der Waals surface area contributed by atoms with Gasteiger partial charge < -0.3 is 20.3 Å². The van der Waals surface area contributed by atoms with E-state index in [1.54, 1.807) is 60.7 Å². The van der Waals surface area contributed by atoms with E-state index in [0.717, 1.165) is 6.07 Å². The molecule has 180 valence electrons. The molecule has 0 atom stereocenters. The molecule has 4 aromatic rings. The van der Waals surface area contributed by atoms with Crippen LogP contribution in [0.4, 0.5) is 17.1 Å². The van der Waals surface area contributed by atoms with Gasteiger partial charge in [0, 0.05) is 21.8 Å². The summed E-state index contributed by atoms with van der Waals surface area (Å²) in [5, 5.41) is 3.52. The molecule has 0 saturated carbocycles. The van der Waals surface area contributed by atoms with Crippen LogP contribution in [-0.2, 0) is 10.1 Å². The zero-order valence-electron chi connectivity index (χ0n) is 18.3. The molecule has 0 saturated heterocycles. The number of ether oxygens (including phenoxy) is 1. The topological polar surface area (TPSA) is 139 Å². The zero-order valence-corrected chi connectivity index (χ0v) is 19.9. The Hall–Kier alpha value is -4.18. The summed E-state index contributed by atoms with van der Waals surface area (Å²) in [4.78, 5) is 25.8. The number of nitrogens with one attached hydrogen (secondary N) is 1. The molecule has 0 radical (unpaired) electrons. The van der Waals surface area contributed by atoms with Gasteiger partial charge in [0.1, 0.15) is 21.6 Å². The van der Waals surface area contributed by atoms with Crippen LogP contribution in [0.5, 0.6) is 11.5 Å². The molecule has 0 amide bonds. The van der Waals surface area contributed by atoms with Gasteiger partial charge in [0.25, 0.3) is 0 Å². The van der Waals surface area contributed by atoms with Gasteiger partial charge >= 0.3 is 0 Å². The molecule has 10 heteroatoms. The number of benzene rings is 4. The Balaban J connectivity index is 1.56. The SMILES string of the molecule is Nc1c(S(=O)(=O)[O-])cc(Nc2ccc(Oc3ccc(Cl)cc3)cc2)c2c1C(=O)c1ccccc1C2=O. The van der Waals surface area contributed by atoms with Gasteiger partial charge in [-0.25, -0.2) is 8.42 Å². The van der Waals surface area contributed by atoms with Gasteiger partial charge in [-0.2, -0.15) is 0 Å². The Bertz CT molecular complexity index is 1650. The number of carbonyl (C=O) groups is 2. The summed E-state index contributed by atoms with van der Waals surface area (Å²) in [5.41, 5.74) is 5.63. The van der Waals surface area contributed by atoms with Crippen LogP contribution in [0, 0.1) is 0 Å². The van der Waals surface area contributed by atoms with Crippen molar-refractivity contribution in [3.8, 4) is 11.5 Å². The maximum absolute atomic E-state index is 13.4. The first-order chi connectivity index (χ1) is 17.1. The Morgan fingerprint density at radius 1 is 0.806 bits per heavy atom. The number of fused-ring (bicyclic) bond motifs is 2. The number of halogens is 1. The van der Waals surface area contributed by atoms with Crippen LogP contribution < -0.4 is 15.8 Å². The van der Waals surface area contributed by atoms with E-state index < -0.39 is 32.3 Å². The summed E-state index contributed by atoms with van der Waals surface area (Å²) in [6, 6.07) is 20.5. The van der Waals surface area contributed by atoms with Crippen LogP contribution >= 0.6 is 11.6 Å². The highest BCUT2D eigenvalue weighted by molar-refractivity contribution is 7.86. The molecule has 4 aromatic carbocycles. The molecule has 1 aliphatic carbocycles. The quantitative estimate of drug-likeness (QED) is 0.240. The Kier molecular flexibility index (Phi) is 5.76. The van der Waals surface area contributed by atoms with Gasteiger partial charge in [0.05, 0.1) is 27.4 Å². The largest absolute Gasteiger partial charge is 0.744 e. The predicted molar refractivity (Wildman–Crippen MR) is 133 cm³/mol. The van der Waals surface area contributed by atoms with Gasteiger partial charge in [-0.15, -0.1) is 0 Å². The molecule has 1 aliphatic rings. The summed E-state index contributed by atoms with van der Waals surface area (Å²) in [6.45, 7) is 0. The molecular formula is C26H16ClN2O6S-. The molecule has 0 fully saturated rings. The fraction of sp³-hybridized carbons (Fsp3) is 0. The van der Waals surface area contributed by atoms with Gasteiger partial charge in [-0.1, -0.05) is 35.9 Å². The maximum atomic E-state index is 13.4. The van der Waals surface area contributed by atoms with Crippen LogP contribution in [-0.4, -0.2) is 24.5 Å². The molecule has 0 spiro atoms. The van der Waals surface area contributed by atoms with Crippen molar-refractivity contribution < 1.29 is 27.3 Å². The first kappa shape index (κ1) is 23.6. The van der Waals surface area contributed by atoms with E-state index in [2.05, 4.69) is 5.32 Å². The Morgan fingerprint density at radius 2 is 1.33 bits per heavy atom. The lowest BCUT2D eigenvalue weighted by molar-refractivity contribution is 0.0980. The van der Waals surface area contributed by atoms with Gasteiger partial charge in [0.2, 0.25) is 0 Å². The summed E-state index contributed by atoms with van der Waals surface area (Å²) >= 11 is 5.89. The average Bonchev–Trinajstić information content (AvgIpc) is 2.85. The van der Waals surface area contributed by atoms with Crippen molar-refractivity contribution in [3.05, 3.63) is 106 Å². The number of anilines is 3. The highest BCUT2D eigenvalue weighted by Gasteiger charge is 2.35. The van der Waals surface area contributed by atoms with Crippen molar-refractivity contribution in [1.82, 2.24) is 0 Å².